The van der Waals surface area contributed by atoms with Crippen LogP contribution in [-0.4, -0.2) is 16.8 Å². The molecule has 72 valence electrons. The highest BCUT2D eigenvalue weighted by Crippen LogP contribution is 2.31. The van der Waals surface area contributed by atoms with Gasteiger partial charge in [-0.3, -0.25) is 0 Å². The lowest BCUT2D eigenvalue weighted by Gasteiger charge is -2.11. The summed E-state index contributed by atoms with van der Waals surface area (Å²) in [5.74, 6) is 0. The van der Waals surface area contributed by atoms with Crippen LogP contribution in [-0.2, 0) is 0 Å². The highest BCUT2D eigenvalue weighted by Gasteiger charge is 2.12. The van der Waals surface area contributed by atoms with Gasteiger partial charge in [0.05, 0.1) is 11.1 Å². The predicted octanol–water partition coefficient (Wildman–Crippen LogP) is 2.52. The lowest BCUT2D eigenvalue weighted by Crippen LogP contribution is -2.00. The highest BCUT2D eigenvalue weighted by atomic mass is 79.9. The van der Waals surface area contributed by atoms with Crippen LogP contribution in [0.4, 0.5) is 0 Å². The molecule has 0 radical (unpaired) electrons. The van der Waals surface area contributed by atoms with Gasteiger partial charge in [-0.05, 0) is 22.0 Å². The fourth-order valence-corrected chi connectivity index (χ4v) is 1.69. The molecule has 0 spiro atoms. The number of hydrogen-bond acceptors (Lipinski definition) is 2. The molecule has 4 heteroatoms. The quantitative estimate of drug-likeness (QED) is 0.882. The Morgan fingerprint density at radius 2 is 2.15 bits per heavy atom. The van der Waals surface area contributed by atoms with Crippen LogP contribution in [0.3, 0.4) is 0 Å². The van der Waals surface area contributed by atoms with Gasteiger partial charge in [-0.1, -0.05) is 23.7 Å². The van der Waals surface area contributed by atoms with Crippen molar-refractivity contribution in [2.24, 2.45) is 0 Å². The first-order chi connectivity index (χ1) is 6.16. The maximum absolute atomic E-state index is 9.56. The Hall–Kier alpha value is -0.0900. The first kappa shape index (κ1) is 11.0. The normalized spacial score (nSPS) is 12.9. The zero-order valence-corrected chi connectivity index (χ0v) is 9.22. The Bertz CT molecular complexity index is 291. The number of rotatable bonds is 3. The van der Waals surface area contributed by atoms with Crippen molar-refractivity contribution in [3.05, 3.63) is 33.3 Å². The Balaban J connectivity index is 2.93. The van der Waals surface area contributed by atoms with Gasteiger partial charge in [-0.25, -0.2) is 0 Å². The average Bonchev–Trinajstić information content (AvgIpc) is 2.10. The molecule has 1 unspecified atom stereocenters. The fourth-order valence-electron chi connectivity index (χ4n) is 1.06. The lowest BCUT2D eigenvalue weighted by molar-refractivity contribution is 0.134. The summed E-state index contributed by atoms with van der Waals surface area (Å²) in [6, 6.07) is 5.34. The number of halogens is 2. The van der Waals surface area contributed by atoms with E-state index in [4.69, 9.17) is 16.7 Å². The van der Waals surface area contributed by atoms with E-state index in [1.165, 1.54) is 0 Å². The van der Waals surface area contributed by atoms with Crippen molar-refractivity contribution in [2.75, 3.05) is 6.61 Å². The molecule has 0 saturated heterocycles. The Morgan fingerprint density at radius 3 is 2.77 bits per heavy atom. The molecule has 1 atom stereocenters. The molecule has 0 bridgehead atoms. The maximum atomic E-state index is 9.56. The average molecular weight is 266 g/mol. The van der Waals surface area contributed by atoms with Crippen molar-refractivity contribution in [1.29, 1.82) is 0 Å². The van der Waals surface area contributed by atoms with Crippen LogP contribution in [0, 0.1) is 0 Å². The molecule has 0 saturated carbocycles. The van der Waals surface area contributed by atoms with Crippen molar-refractivity contribution < 1.29 is 10.2 Å². The van der Waals surface area contributed by atoms with E-state index >= 15 is 0 Å². The molecule has 0 aliphatic carbocycles. The molecule has 1 aromatic carbocycles. The molecule has 1 aromatic rings. The molecule has 0 heterocycles. The summed E-state index contributed by atoms with van der Waals surface area (Å²) in [4.78, 5) is 0. The topological polar surface area (TPSA) is 40.5 Å². The van der Waals surface area contributed by atoms with Crippen LogP contribution >= 0.6 is 27.5 Å². The minimum Gasteiger partial charge on any atom is -0.396 e. The molecule has 2 nitrogen and oxygen atoms in total. The van der Waals surface area contributed by atoms with Gasteiger partial charge < -0.3 is 10.2 Å². The first-order valence-corrected chi connectivity index (χ1v) is 5.06. The van der Waals surface area contributed by atoms with Crippen LogP contribution in [0.25, 0.3) is 0 Å². The first-order valence-electron chi connectivity index (χ1n) is 3.89. The molecule has 13 heavy (non-hydrogen) atoms. The van der Waals surface area contributed by atoms with Gasteiger partial charge in [0.25, 0.3) is 0 Å². The van der Waals surface area contributed by atoms with E-state index < -0.39 is 6.10 Å². The standard InChI is InChI=1S/C9H10BrClO2/c10-7-3-1-2-6(9(7)11)8(13)4-5-12/h1-3,8,12-13H,4-5H2. The third-order valence-electron chi connectivity index (χ3n) is 1.74. The minimum atomic E-state index is -0.699. The summed E-state index contributed by atoms with van der Waals surface area (Å²) in [5, 5.41) is 18.7. The van der Waals surface area contributed by atoms with Gasteiger partial charge in [0.2, 0.25) is 0 Å². The van der Waals surface area contributed by atoms with Crippen LogP contribution in [0.15, 0.2) is 22.7 Å². The molecule has 1 rings (SSSR count). The summed E-state index contributed by atoms with van der Waals surface area (Å²) in [6.07, 6.45) is -0.397. The minimum absolute atomic E-state index is 0.0516. The zero-order valence-electron chi connectivity index (χ0n) is 6.87. The van der Waals surface area contributed by atoms with Crippen LogP contribution in [0.2, 0.25) is 5.02 Å². The SMILES string of the molecule is OCCC(O)c1cccc(Br)c1Cl. The van der Waals surface area contributed by atoms with Gasteiger partial charge >= 0.3 is 0 Å². The van der Waals surface area contributed by atoms with Crippen LogP contribution in [0.1, 0.15) is 18.1 Å². The van der Waals surface area contributed by atoms with Crippen molar-refractivity contribution in [3.8, 4) is 0 Å². The molecular formula is C9H10BrClO2. The second-order valence-corrected chi connectivity index (χ2v) is 3.90. The molecule has 0 aliphatic heterocycles. The largest absolute Gasteiger partial charge is 0.396 e. The van der Waals surface area contributed by atoms with Crippen molar-refractivity contribution in [2.45, 2.75) is 12.5 Å². The summed E-state index contributed by atoms with van der Waals surface area (Å²) < 4.78 is 0.753. The smallest absolute Gasteiger partial charge is 0.0826 e. The second-order valence-electron chi connectivity index (χ2n) is 2.67. The van der Waals surface area contributed by atoms with Crippen LogP contribution in [0.5, 0.6) is 0 Å². The Labute approximate surface area is 90.3 Å². The fraction of sp³-hybridized carbons (Fsp3) is 0.333. The van der Waals surface area contributed by atoms with Crippen LogP contribution < -0.4 is 0 Å². The number of aliphatic hydroxyl groups is 2. The van der Waals surface area contributed by atoms with E-state index in [9.17, 15) is 5.11 Å². The third kappa shape index (κ3) is 2.68. The summed E-state index contributed by atoms with van der Waals surface area (Å²) in [7, 11) is 0. The summed E-state index contributed by atoms with van der Waals surface area (Å²) in [6.45, 7) is -0.0516. The molecule has 2 N–H and O–H groups in total. The molecule has 0 amide bonds. The predicted molar refractivity (Wildman–Crippen MR) is 55.8 cm³/mol. The monoisotopic (exact) mass is 264 g/mol. The molecule has 0 aromatic heterocycles. The maximum Gasteiger partial charge on any atom is 0.0826 e. The van der Waals surface area contributed by atoms with E-state index in [0.29, 0.717) is 17.0 Å². The Kier molecular flexibility index (Phi) is 4.19. The van der Waals surface area contributed by atoms with Gasteiger partial charge in [-0.15, -0.1) is 0 Å². The van der Waals surface area contributed by atoms with Crippen molar-refractivity contribution in [1.82, 2.24) is 0 Å². The van der Waals surface area contributed by atoms with E-state index in [2.05, 4.69) is 15.9 Å². The number of benzene rings is 1. The molecular weight excluding hydrogens is 255 g/mol. The second kappa shape index (κ2) is 4.96. The zero-order chi connectivity index (χ0) is 9.84. The van der Waals surface area contributed by atoms with E-state index in [1.54, 1.807) is 18.2 Å². The van der Waals surface area contributed by atoms with Gasteiger partial charge in [0.15, 0.2) is 0 Å². The summed E-state index contributed by atoms with van der Waals surface area (Å²) >= 11 is 9.20. The Morgan fingerprint density at radius 1 is 1.46 bits per heavy atom. The van der Waals surface area contributed by atoms with E-state index in [0.717, 1.165) is 4.47 Å². The van der Waals surface area contributed by atoms with E-state index in [-0.39, 0.29) is 6.61 Å². The van der Waals surface area contributed by atoms with Crippen molar-refractivity contribution >= 4 is 27.5 Å². The highest BCUT2D eigenvalue weighted by molar-refractivity contribution is 9.10. The van der Waals surface area contributed by atoms with E-state index in [1.807, 2.05) is 0 Å². The van der Waals surface area contributed by atoms with Gasteiger partial charge in [0.1, 0.15) is 0 Å². The molecule has 0 fully saturated rings. The number of hydrogen-bond donors (Lipinski definition) is 2. The third-order valence-corrected chi connectivity index (χ3v) is 3.05. The van der Waals surface area contributed by atoms with Gasteiger partial charge in [-0.2, -0.15) is 0 Å². The van der Waals surface area contributed by atoms with Gasteiger partial charge in [0, 0.05) is 23.1 Å². The molecule has 0 aliphatic rings. The summed E-state index contributed by atoms with van der Waals surface area (Å²) in [5.41, 5.74) is 0.644. The lowest BCUT2D eigenvalue weighted by atomic mass is 10.1. The van der Waals surface area contributed by atoms with Crippen molar-refractivity contribution in [3.63, 3.8) is 0 Å². The number of aliphatic hydroxyl groups excluding tert-OH is 2.